The molecule has 2 fully saturated rings. The van der Waals surface area contributed by atoms with E-state index >= 15 is 0 Å². The lowest BCUT2D eigenvalue weighted by Gasteiger charge is -2.26. The molecule has 0 spiro atoms. The average Bonchev–Trinajstić information content (AvgIpc) is 2.07. The third-order valence-electron chi connectivity index (χ3n) is 3.74. The standard InChI is InChI=1S/C7H9F3O3S.C6H10O/c1-5(6-3-2-4-6)13-14(11,12)7(8,9)10;1-5(7)6-3-2-4-6/h6H,1-4H2;6H,2-4H2,1H3. The maximum absolute atomic E-state index is 11.8. The first-order chi connectivity index (χ1) is 9.54. The molecule has 0 bridgehead atoms. The van der Waals surface area contributed by atoms with Crippen molar-refractivity contribution in [1.29, 1.82) is 0 Å². The zero-order valence-electron chi connectivity index (χ0n) is 11.8. The van der Waals surface area contributed by atoms with E-state index in [1.165, 1.54) is 6.42 Å². The molecule has 0 aromatic rings. The summed E-state index contributed by atoms with van der Waals surface area (Å²) in [4.78, 5) is 10.4. The SMILES string of the molecule is C=C(OS(=O)(=O)C(F)(F)F)C1CCC1.CC(=O)C1CCC1. The number of hydrogen-bond acceptors (Lipinski definition) is 4. The molecule has 122 valence electrons. The minimum atomic E-state index is -5.52. The number of carbonyl (C=O) groups is 1. The van der Waals surface area contributed by atoms with Crippen LogP contribution in [0.25, 0.3) is 0 Å². The Balaban J connectivity index is 0.000000262. The summed E-state index contributed by atoms with van der Waals surface area (Å²) in [6.07, 6.45) is 5.69. The lowest BCUT2D eigenvalue weighted by atomic mass is 9.83. The minimum Gasteiger partial charge on any atom is -0.381 e. The number of carbonyl (C=O) groups excluding carboxylic acids is 1. The monoisotopic (exact) mass is 328 g/mol. The van der Waals surface area contributed by atoms with Crippen LogP contribution in [0.2, 0.25) is 0 Å². The normalized spacial score (nSPS) is 19.6. The molecule has 2 aliphatic rings. The maximum atomic E-state index is 11.8. The first-order valence-electron chi connectivity index (χ1n) is 6.74. The Bertz CT molecular complexity index is 488. The van der Waals surface area contributed by atoms with Crippen molar-refractivity contribution in [3.63, 3.8) is 0 Å². The second-order valence-electron chi connectivity index (χ2n) is 5.32. The minimum absolute atomic E-state index is 0.257. The van der Waals surface area contributed by atoms with Crippen molar-refractivity contribution >= 4 is 15.9 Å². The summed E-state index contributed by atoms with van der Waals surface area (Å²) in [7, 11) is -5.52. The lowest BCUT2D eigenvalue weighted by Crippen LogP contribution is -2.27. The van der Waals surface area contributed by atoms with Crippen LogP contribution in [-0.4, -0.2) is 19.7 Å². The Morgan fingerprint density at radius 2 is 1.52 bits per heavy atom. The molecule has 2 rings (SSSR count). The summed E-state index contributed by atoms with van der Waals surface area (Å²) < 4.78 is 60.3. The predicted molar refractivity (Wildman–Crippen MR) is 70.6 cm³/mol. The first kappa shape index (κ1) is 18.0. The van der Waals surface area contributed by atoms with Crippen LogP contribution in [0.5, 0.6) is 0 Å². The molecule has 0 unspecified atom stereocenters. The molecule has 0 atom stereocenters. The Kier molecular flexibility index (Phi) is 5.83. The number of allylic oxidation sites excluding steroid dienone is 1. The van der Waals surface area contributed by atoms with Gasteiger partial charge in [-0.25, -0.2) is 0 Å². The highest BCUT2D eigenvalue weighted by molar-refractivity contribution is 7.87. The summed E-state index contributed by atoms with van der Waals surface area (Å²) in [5.74, 6) is 0.256. The van der Waals surface area contributed by atoms with Gasteiger partial charge in [-0.2, -0.15) is 21.6 Å². The topological polar surface area (TPSA) is 60.4 Å². The summed E-state index contributed by atoms with van der Waals surface area (Å²) in [5, 5.41) is 0. The van der Waals surface area contributed by atoms with E-state index in [9.17, 15) is 26.4 Å². The van der Waals surface area contributed by atoms with Crippen LogP contribution in [0.1, 0.15) is 45.4 Å². The van der Waals surface area contributed by atoms with Crippen molar-refractivity contribution in [3.8, 4) is 0 Å². The van der Waals surface area contributed by atoms with E-state index < -0.39 is 15.6 Å². The highest BCUT2D eigenvalue weighted by Gasteiger charge is 2.49. The molecule has 0 heterocycles. The fourth-order valence-electron chi connectivity index (χ4n) is 1.80. The van der Waals surface area contributed by atoms with E-state index in [1.807, 2.05) is 0 Å². The number of Topliss-reactive ketones (excluding diaryl/α,β-unsaturated/α-hetero) is 1. The second-order valence-corrected chi connectivity index (χ2v) is 6.85. The summed E-state index contributed by atoms with van der Waals surface area (Å²) in [5.41, 5.74) is -5.38. The molecule has 8 heteroatoms. The van der Waals surface area contributed by atoms with Gasteiger partial charge in [0.25, 0.3) is 0 Å². The smallest absolute Gasteiger partial charge is 0.381 e. The molecule has 0 radical (unpaired) electrons. The van der Waals surface area contributed by atoms with Gasteiger partial charge in [-0.15, -0.1) is 0 Å². The summed E-state index contributed by atoms with van der Waals surface area (Å²) >= 11 is 0. The molecule has 2 aliphatic carbocycles. The fourth-order valence-corrected chi connectivity index (χ4v) is 2.31. The van der Waals surface area contributed by atoms with Gasteiger partial charge in [0.2, 0.25) is 0 Å². The van der Waals surface area contributed by atoms with Gasteiger partial charge in [-0.05, 0) is 32.6 Å². The van der Waals surface area contributed by atoms with Crippen LogP contribution < -0.4 is 0 Å². The molecule has 0 saturated heterocycles. The maximum Gasteiger partial charge on any atom is 0.534 e. The van der Waals surface area contributed by atoms with E-state index in [0.29, 0.717) is 24.5 Å². The molecule has 0 aromatic carbocycles. The van der Waals surface area contributed by atoms with Gasteiger partial charge in [0.05, 0.1) is 0 Å². The molecule has 0 aromatic heterocycles. The van der Waals surface area contributed by atoms with E-state index in [0.717, 1.165) is 19.3 Å². The molecule has 0 aliphatic heterocycles. The van der Waals surface area contributed by atoms with E-state index in [2.05, 4.69) is 10.8 Å². The quantitative estimate of drug-likeness (QED) is 0.450. The average molecular weight is 328 g/mol. The van der Waals surface area contributed by atoms with Crippen LogP contribution in [-0.2, 0) is 19.1 Å². The van der Waals surface area contributed by atoms with Gasteiger partial charge in [-0.3, -0.25) is 4.79 Å². The fraction of sp³-hybridized carbons (Fsp3) is 0.769. The second kappa shape index (κ2) is 6.81. The Morgan fingerprint density at radius 3 is 1.71 bits per heavy atom. The summed E-state index contributed by atoms with van der Waals surface area (Å²) in [6, 6.07) is 0. The van der Waals surface area contributed by atoms with Crippen LogP contribution in [0.15, 0.2) is 12.3 Å². The number of alkyl halides is 3. The van der Waals surface area contributed by atoms with Crippen molar-refractivity contribution in [3.05, 3.63) is 12.3 Å². The van der Waals surface area contributed by atoms with E-state index in [4.69, 9.17) is 0 Å². The molecular weight excluding hydrogens is 309 g/mol. The third-order valence-corrected chi connectivity index (χ3v) is 4.74. The van der Waals surface area contributed by atoms with E-state index in [1.54, 1.807) is 6.92 Å². The molecule has 0 amide bonds. The number of hydrogen-bond donors (Lipinski definition) is 0. The van der Waals surface area contributed by atoms with E-state index in [-0.39, 0.29) is 11.7 Å². The Hall–Kier alpha value is -1.05. The molecule has 21 heavy (non-hydrogen) atoms. The molecule has 0 N–H and O–H groups in total. The Morgan fingerprint density at radius 1 is 1.10 bits per heavy atom. The number of ketones is 1. The zero-order valence-corrected chi connectivity index (χ0v) is 12.6. The largest absolute Gasteiger partial charge is 0.534 e. The molecule has 4 nitrogen and oxygen atoms in total. The van der Waals surface area contributed by atoms with Crippen LogP contribution in [0.3, 0.4) is 0 Å². The van der Waals surface area contributed by atoms with Gasteiger partial charge < -0.3 is 4.18 Å². The van der Waals surface area contributed by atoms with Crippen molar-refractivity contribution in [2.75, 3.05) is 0 Å². The van der Waals surface area contributed by atoms with Crippen LogP contribution in [0.4, 0.5) is 13.2 Å². The van der Waals surface area contributed by atoms with Crippen molar-refractivity contribution in [2.45, 2.75) is 51.0 Å². The summed E-state index contributed by atoms with van der Waals surface area (Å²) in [6.45, 7) is 4.86. The van der Waals surface area contributed by atoms with Crippen molar-refractivity contribution < 1.29 is 30.6 Å². The highest BCUT2D eigenvalue weighted by atomic mass is 32.2. The zero-order chi connectivity index (χ0) is 16.3. The van der Waals surface area contributed by atoms with Gasteiger partial charge in [0.1, 0.15) is 11.5 Å². The Labute approximate surface area is 122 Å². The molecule has 2 saturated carbocycles. The van der Waals surface area contributed by atoms with Gasteiger partial charge in [0.15, 0.2) is 0 Å². The van der Waals surface area contributed by atoms with Crippen LogP contribution in [0, 0.1) is 11.8 Å². The van der Waals surface area contributed by atoms with Gasteiger partial charge in [-0.1, -0.05) is 19.4 Å². The molecular formula is C13H19F3O4S. The first-order valence-corrected chi connectivity index (χ1v) is 8.15. The van der Waals surface area contributed by atoms with Gasteiger partial charge in [0, 0.05) is 11.8 Å². The van der Waals surface area contributed by atoms with Crippen molar-refractivity contribution in [1.82, 2.24) is 0 Å². The predicted octanol–water partition coefficient (Wildman–Crippen LogP) is 3.54. The van der Waals surface area contributed by atoms with Crippen LogP contribution >= 0.6 is 0 Å². The number of halogens is 3. The third kappa shape index (κ3) is 5.01. The van der Waals surface area contributed by atoms with Crippen molar-refractivity contribution in [2.24, 2.45) is 11.8 Å². The lowest BCUT2D eigenvalue weighted by molar-refractivity contribution is -0.122. The number of rotatable bonds is 4. The van der Waals surface area contributed by atoms with Gasteiger partial charge >= 0.3 is 15.6 Å². The highest BCUT2D eigenvalue weighted by Crippen LogP contribution is 2.36.